The van der Waals surface area contributed by atoms with E-state index in [1.807, 2.05) is 0 Å². The first kappa shape index (κ1) is 22.4. The minimum atomic E-state index is -3.86. The number of nitro groups is 1. The van der Waals surface area contributed by atoms with Crippen LogP contribution >= 0.6 is 0 Å². The summed E-state index contributed by atoms with van der Waals surface area (Å²) < 4.78 is 43.5. The smallest absolute Gasteiger partial charge is 0.338 e. The lowest BCUT2D eigenvalue weighted by Crippen LogP contribution is -2.26. The van der Waals surface area contributed by atoms with Gasteiger partial charge in [0, 0.05) is 23.7 Å². The van der Waals surface area contributed by atoms with E-state index in [0.717, 1.165) is 12.8 Å². The topological polar surface area (TPSA) is 164 Å². The number of methoxy groups -OCH3 is 1. The maximum Gasteiger partial charge on any atom is 0.338 e. The Balaban J connectivity index is 1.45. The van der Waals surface area contributed by atoms with Crippen LogP contribution in [-0.2, 0) is 21.4 Å². The molecule has 1 fully saturated rings. The number of nitrogens with zero attached hydrogens (tertiary/aromatic N) is 3. The number of benzene rings is 2. The predicted octanol–water partition coefficient (Wildman–Crippen LogP) is 2.45. The van der Waals surface area contributed by atoms with E-state index in [-0.39, 0.29) is 46.3 Å². The van der Waals surface area contributed by atoms with Crippen LogP contribution in [0.1, 0.15) is 29.1 Å². The highest BCUT2D eigenvalue weighted by atomic mass is 32.2. The summed E-state index contributed by atoms with van der Waals surface area (Å²) >= 11 is 0. The van der Waals surface area contributed by atoms with Gasteiger partial charge in [-0.05, 0) is 43.2 Å². The van der Waals surface area contributed by atoms with Crippen molar-refractivity contribution in [3.05, 3.63) is 64.0 Å². The number of hydrogen-bond acceptors (Lipinski definition) is 10. The van der Waals surface area contributed by atoms with E-state index in [9.17, 15) is 23.3 Å². The first-order valence-electron chi connectivity index (χ1n) is 9.71. The third-order valence-corrected chi connectivity index (χ3v) is 6.25. The average molecular weight is 474 g/mol. The Kier molecular flexibility index (Phi) is 6.07. The van der Waals surface area contributed by atoms with Gasteiger partial charge < -0.3 is 13.9 Å². The molecular weight excluding hydrogens is 456 g/mol. The molecule has 13 heteroatoms. The second kappa shape index (κ2) is 8.96. The van der Waals surface area contributed by atoms with Gasteiger partial charge >= 0.3 is 5.97 Å². The van der Waals surface area contributed by atoms with Gasteiger partial charge in [-0.1, -0.05) is 0 Å². The van der Waals surface area contributed by atoms with Crippen LogP contribution in [0.15, 0.2) is 51.8 Å². The second-order valence-corrected chi connectivity index (χ2v) is 8.82. The summed E-state index contributed by atoms with van der Waals surface area (Å²) in [7, 11) is -2.53. The molecule has 0 aliphatic heterocycles. The first-order valence-corrected chi connectivity index (χ1v) is 11.2. The molecular formula is C20H18N4O8S. The number of aromatic nitrogens is 2. The minimum absolute atomic E-state index is 0.00193. The zero-order chi connectivity index (χ0) is 23.6. The van der Waals surface area contributed by atoms with E-state index in [4.69, 9.17) is 13.9 Å². The molecule has 172 valence electrons. The number of non-ortho nitro benzene ring substituents is 1. The molecule has 3 aromatic rings. The summed E-state index contributed by atoms with van der Waals surface area (Å²) in [5.41, 5.74) is 0.376. The molecule has 0 unspecified atom stereocenters. The Morgan fingerprint density at radius 3 is 2.58 bits per heavy atom. The van der Waals surface area contributed by atoms with E-state index in [1.165, 1.54) is 49.6 Å². The molecule has 1 aliphatic carbocycles. The van der Waals surface area contributed by atoms with E-state index in [0.29, 0.717) is 5.56 Å². The van der Waals surface area contributed by atoms with Crippen molar-refractivity contribution >= 4 is 21.7 Å². The Hall–Kier alpha value is -3.84. The molecule has 0 atom stereocenters. The van der Waals surface area contributed by atoms with Gasteiger partial charge in [-0.25, -0.2) is 17.9 Å². The summed E-state index contributed by atoms with van der Waals surface area (Å²) in [6.45, 7) is -0.354. The summed E-state index contributed by atoms with van der Waals surface area (Å²) in [5.74, 6) is -0.603. The van der Waals surface area contributed by atoms with Crippen LogP contribution in [0, 0.1) is 10.1 Å². The Morgan fingerprint density at radius 2 is 1.94 bits per heavy atom. The maximum absolute atomic E-state index is 12.6. The normalized spacial score (nSPS) is 13.5. The van der Waals surface area contributed by atoms with Gasteiger partial charge in [0.15, 0.2) is 6.61 Å². The largest absolute Gasteiger partial charge is 0.495 e. The molecule has 1 aromatic heterocycles. The van der Waals surface area contributed by atoms with Crippen LogP contribution in [0.5, 0.6) is 5.75 Å². The molecule has 0 radical (unpaired) electrons. The molecule has 1 heterocycles. The fraction of sp³-hybridized carbons (Fsp3) is 0.250. The zero-order valence-electron chi connectivity index (χ0n) is 17.3. The van der Waals surface area contributed by atoms with Crippen molar-refractivity contribution in [1.29, 1.82) is 0 Å². The fourth-order valence-electron chi connectivity index (χ4n) is 2.86. The van der Waals surface area contributed by atoms with Crippen LogP contribution in [0.4, 0.5) is 5.69 Å². The third kappa shape index (κ3) is 5.15. The van der Waals surface area contributed by atoms with Crippen molar-refractivity contribution in [2.45, 2.75) is 30.4 Å². The lowest BCUT2D eigenvalue weighted by molar-refractivity contribution is -0.384. The lowest BCUT2D eigenvalue weighted by atomic mass is 10.2. The molecule has 1 N–H and O–H groups in total. The molecule has 2 aromatic carbocycles. The van der Waals surface area contributed by atoms with E-state index < -0.39 is 20.9 Å². The van der Waals surface area contributed by atoms with Crippen LogP contribution in [0.2, 0.25) is 0 Å². The quantitative estimate of drug-likeness (QED) is 0.277. The van der Waals surface area contributed by atoms with Gasteiger partial charge in [0.25, 0.3) is 11.6 Å². The zero-order valence-corrected chi connectivity index (χ0v) is 18.1. The Morgan fingerprint density at radius 1 is 1.21 bits per heavy atom. The molecule has 0 bridgehead atoms. The van der Waals surface area contributed by atoms with Crippen molar-refractivity contribution in [1.82, 2.24) is 14.9 Å². The van der Waals surface area contributed by atoms with Crippen LogP contribution in [0.3, 0.4) is 0 Å². The van der Waals surface area contributed by atoms with Gasteiger partial charge in [0.05, 0.1) is 17.6 Å². The molecule has 0 amide bonds. The monoisotopic (exact) mass is 474 g/mol. The van der Waals surface area contributed by atoms with Crippen molar-refractivity contribution in [2.75, 3.05) is 7.11 Å². The second-order valence-electron chi connectivity index (χ2n) is 7.14. The standard InChI is InChI=1S/C20H18N4O8S/c1-30-16-9-4-13(10-17(16)33(28,29)23-14-5-6-14)20(25)31-11-18-21-22-19(32-18)12-2-7-15(8-3-12)24(26)27/h2-4,7-10,14,23H,5-6,11H2,1H3. The lowest BCUT2D eigenvalue weighted by Gasteiger charge is -2.11. The fourth-order valence-corrected chi connectivity index (χ4v) is 4.36. The molecule has 0 spiro atoms. The predicted molar refractivity (Wildman–Crippen MR) is 112 cm³/mol. The Labute approximate surface area is 187 Å². The third-order valence-electron chi connectivity index (χ3n) is 4.71. The molecule has 0 saturated heterocycles. The van der Waals surface area contributed by atoms with Crippen molar-refractivity contribution in [3.8, 4) is 17.2 Å². The van der Waals surface area contributed by atoms with Gasteiger partial charge in [-0.3, -0.25) is 10.1 Å². The number of nitro benzene ring substituents is 1. The van der Waals surface area contributed by atoms with Crippen molar-refractivity contribution in [3.63, 3.8) is 0 Å². The summed E-state index contributed by atoms with van der Waals surface area (Å²) in [6, 6.07) is 9.33. The highest BCUT2D eigenvalue weighted by Crippen LogP contribution is 2.29. The van der Waals surface area contributed by atoms with Crippen LogP contribution in [0.25, 0.3) is 11.5 Å². The van der Waals surface area contributed by atoms with E-state index in [1.54, 1.807) is 0 Å². The molecule has 1 saturated carbocycles. The number of ether oxygens (including phenoxy) is 2. The van der Waals surface area contributed by atoms with Crippen molar-refractivity contribution < 1.29 is 32.0 Å². The maximum atomic E-state index is 12.6. The SMILES string of the molecule is COc1ccc(C(=O)OCc2nnc(-c3ccc([N+](=O)[O-])cc3)o2)cc1S(=O)(=O)NC1CC1. The van der Waals surface area contributed by atoms with Crippen LogP contribution in [-0.4, -0.2) is 42.7 Å². The molecule has 12 nitrogen and oxygen atoms in total. The number of esters is 1. The van der Waals surface area contributed by atoms with E-state index >= 15 is 0 Å². The molecule has 1 aliphatic rings. The summed E-state index contributed by atoms with van der Waals surface area (Å²) in [5, 5.41) is 18.4. The van der Waals surface area contributed by atoms with Crippen molar-refractivity contribution in [2.24, 2.45) is 0 Å². The Bertz CT molecular complexity index is 1300. The highest BCUT2D eigenvalue weighted by Gasteiger charge is 2.30. The average Bonchev–Trinajstić information content (AvgIpc) is 3.48. The molecule has 4 rings (SSSR count). The number of carbonyl (C=O) groups is 1. The summed E-state index contributed by atoms with van der Waals surface area (Å²) in [4.78, 5) is 22.5. The number of sulfonamides is 1. The number of carbonyl (C=O) groups excluding carboxylic acids is 1. The highest BCUT2D eigenvalue weighted by molar-refractivity contribution is 7.89. The number of nitrogens with one attached hydrogen (secondary N) is 1. The van der Waals surface area contributed by atoms with Gasteiger partial charge in [0.2, 0.25) is 15.9 Å². The van der Waals surface area contributed by atoms with Gasteiger partial charge in [0.1, 0.15) is 10.6 Å². The first-order chi connectivity index (χ1) is 15.8. The minimum Gasteiger partial charge on any atom is -0.495 e. The molecule has 33 heavy (non-hydrogen) atoms. The van der Waals surface area contributed by atoms with E-state index in [2.05, 4.69) is 14.9 Å². The van der Waals surface area contributed by atoms with Crippen LogP contribution < -0.4 is 9.46 Å². The summed E-state index contributed by atoms with van der Waals surface area (Å²) in [6.07, 6.45) is 1.52. The number of hydrogen-bond donors (Lipinski definition) is 1. The van der Waals surface area contributed by atoms with Gasteiger partial charge in [-0.2, -0.15) is 0 Å². The van der Waals surface area contributed by atoms with Gasteiger partial charge in [-0.15, -0.1) is 10.2 Å². The number of rotatable bonds is 9.